The predicted octanol–water partition coefficient (Wildman–Crippen LogP) is 3.16. The number of thioether (sulfide) groups is 1. The topological polar surface area (TPSA) is 60.5 Å². The van der Waals surface area contributed by atoms with E-state index in [1.54, 1.807) is 6.20 Å². The van der Waals surface area contributed by atoms with Crippen molar-refractivity contribution in [2.75, 3.05) is 18.3 Å². The van der Waals surface area contributed by atoms with Crippen LogP contribution >= 0.6 is 23.1 Å². The molecular formula is C16H16N2O3S2. The molecular weight excluding hydrogens is 332 g/mol. The fourth-order valence-corrected chi connectivity index (χ4v) is 4.56. The summed E-state index contributed by atoms with van der Waals surface area (Å²) in [4.78, 5) is 17.4. The number of ether oxygens (including phenoxy) is 2. The minimum absolute atomic E-state index is 0.0219. The van der Waals surface area contributed by atoms with Crippen LogP contribution in [0.2, 0.25) is 0 Å². The predicted molar refractivity (Wildman–Crippen MR) is 91.5 cm³/mol. The molecule has 3 heterocycles. The van der Waals surface area contributed by atoms with Crippen LogP contribution in [0.4, 0.5) is 0 Å². The summed E-state index contributed by atoms with van der Waals surface area (Å²) < 4.78 is 10.7. The highest BCUT2D eigenvalue weighted by Crippen LogP contribution is 2.37. The monoisotopic (exact) mass is 348 g/mol. The number of carbonyl (C=O) groups excluding carboxylic acids is 1. The van der Waals surface area contributed by atoms with Crippen molar-refractivity contribution in [2.45, 2.75) is 18.9 Å². The molecule has 2 aromatic rings. The largest absolute Gasteiger partial charge is 0.454 e. The summed E-state index contributed by atoms with van der Waals surface area (Å²) in [5.41, 5.74) is 0.937. The first-order valence-electron chi connectivity index (χ1n) is 7.54. The normalized spacial score (nSPS) is 17.2. The Morgan fingerprint density at radius 1 is 1.22 bits per heavy atom. The first-order valence-corrected chi connectivity index (χ1v) is 9.51. The van der Waals surface area contributed by atoms with Gasteiger partial charge in [-0.25, -0.2) is 4.98 Å². The van der Waals surface area contributed by atoms with Crippen molar-refractivity contribution in [2.24, 2.45) is 0 Å². The molecule has 4 rings (SSSR count). The van der Waals surface area contributed by atoms with Crippen LogP contribution in [-0.4, -0.2) is 35.2 Å². The van der Waals surface area contributed by atoms with Gasteiger partial charge in [0.05, 0.1) is 6.20 Å². The van der Waals surface area contributed by atoms with Gasteiger partial charge >= 0.3 is 0 Å². The molecule has 23 heavy (non-hydrogen) atoms. The maximum atomic E-state index is 12.4. The van der Waals surface area contributed by atoms with Crippen molar-refractivity contribution in [1.29, 1.82) is 0 Å². The number of fused-ring (bicyclic) bond motifs is 1. The molecule has 1 N–H and O–H groups in total. The van der Waals surface area contributed by atoms with E-state index < -0.39 is 0 Å². The first kappa shape index (κ1) is 14.8. The molecule has 1 aromatic heterocycles. The van der Waals surface area contributed by atoms with E-state index in [-0.39, 0.29) is 12.7 Å². The molecule has 0 unspecified atom stereocenters. The highest BCUT2D eigenvalue weighted by molar-refractivity contribution is 7.99. The molecule has 120 valence electrons. The molecule has 1 fully saturated rings. The van der Waals surface area contributed by atoms with Gasteiger partial charge in [0.15, 0.2) is 11.5 Å². The zero-order valence-electron chi connectivity index (χ0n) is 12.4. The Morgan fingerprint density at radius 2 is 2.04 bits per heavy atom. The van der Waals surface area contributed by atoms with Crippen molar-refractivity contribution < 1.29 is 14.3 Å². The van der Waals surface area contributed by atoms with Crippen molar-refractivity contribution in [1.82, 2.24) is 10.3 Å². The molecule has 2 aliphatic rings. The van der Waals surface area contributed by atoms with E-state index in [4.69, 9.17) is 9.47 Å². The zero-order chi connectivity index (χ0) is 15.6. The Balaban J connectivity index is 1.48. The van der Waals surface area contributed by atoms with Crippen LogP contribution in [-0.2, 0) is 0 Å². The lowest BCUT2D eigenvalue weighted by Crippen LogP contribution is -2.36. The lowest BCUT2D eigenvalue weighted by atomic mass is 10.1. The molecule has 0 atom stereocenters. The number of amides is 1. The SMILES string of the molecule is O=C(NC1CCSCC1)c1cnc(-c2ccc3c(c2)OCO3)s1. The van der Waals surface area contributed by atoms with Crippen LogP contribution in [0, 0.1) is 0 Å². The fourth-order valence-electron chi connectivity index (χ4n) is 2.64. The molecule has 5 nitrogen and oxygen atoms in total. The second kappa shape index (κ2) is 6.41. The third kappa shape index (κ3) is 3.16. The van der Waals surface area contributed by atoms with Gasteiger partial charge in [0.2, 0.25) is 6.79 Å². The number of carbonyl (C=O) groups is 1. The molecule has 0 spiro atoms. The van der Waals surface area contributed by atoms with E-state index in [0.29, 0.717) is 10.9 Å². The molecule has 2 aliphatic heterocycles. The quantitative estimate of drug-likeness (QED) is 0.923. The number of nitrogens with one attached hydrogen (secondary N) is 1. The van der Waals surface area contributed by atoms with E-state index in [0.717, 1.165) is 46.4 Å². The third-order valence-corrected chi connectivity index (χ3v) is 6.00. The van der Waals surface area contributed by atoms with Gasteiger partial charge in [0.1, 0.15) is 9.88 Å². The molecule has 1 saturated heterocycles. The molecule has 0 aliphatic carbocycles. The van der Waals surface area contributed by atoms with Crippen molar-refractivity contribution >= 4 is 29.0 Å². The Morgan fingerprint density at radius 3 is 2.91 bits per heavy atom. The van der Waals surface area contributed by atoms with Gasteiger partial charge in [0, 0.05) is 11.6 Å². The maximum absolute atomic E-state index is 12.4. The second-order valence-corrected chi connectivity index (χ2v) is 7.71. The summed E-state index contributed by atoms with van der Waals surface area (Å²) in [5.74, 6) is 3.69. The maximum Gasteiger partial charge on any atom is 0.263 e. The molecule has 1 amide bonds. The van der Waals surface area contributed by atoms with Gasteiger partial charge in [-0.15, -0.1) is 11.3 Å². The van der Waals surface area contributed by atoms with Crippen LogP contribution in [0.3, 0.4) is 0 Å². The van der Waals surface area contributed by atoms with Crippen LogP contribution in [0.5, 0.6) is 11.5 Å². The summed E-state index contributed by atoms with van der Waals surface area (Å²) >= 11 is 3.35. The summed E-state index contributed by atoms with van der Waals surface area (Å²) in [6.45, 7) is 0.254. The summed E-state index contributed by atoms with van der Waals surface area (Å²) in [5, 5.41) is 3.93. The average molecular weight is 348 g/mol. The van der Waals surface area contributed by atoms with E-state index in [2.05, 4.69) is 10.3 Å². The van der Waals surface area contributed by atoms with Crippen LogP contribution < -0.4 is 14.8 Å². The number of benzene rings is 1. The van der Waals surface area contributed by atoms with Gasteiger partial charge in [-0.3, -0.25) is 4.79 Å². The van der Waals surface area contributed by atoms with E-state index >= 15 is 0 Å². The minimum Gasteiger partial charge on any atom is -0.454 e. The molecule has 0 bridgehead atoms. The van der Waals surface area contributed by atoms with Gasteiger partial charge < -0.3 is 14.8 Å². The van der Waals surface area contributed by atoms with E-state index in [1.165, 1.54) is 11.3 Å². The minimum atomic E-state index is -0.0219. The first-order chi connectivity index (χ1) is 11.3. The van der Waals surface area contributed by atoms with Crippen molar-refractivity contribution in [3.05, 3.63) is 29.3 Å². The number of thiazole rings is 1. The Bertz CT molecular complexity index is 726. The fraction of sp³-hybridized carbons (Fsp3) is 0.375. The zero-order valence-corrected chi connectivity index (χ0v) is 14.0. The smallest absolute Gasteiger partial charge is 0.263 e. The van der Waals surface area contributed by atoms with Crippen LogP contribution in [0.15, 0.2) is 24.4 Å². The number of nitrogens with zero attached hydrogens (tertiary/aromatic N) is 1. The van der Waals surface area contributed by atoms with Crippen molar-refractivity contribution in [3.63, 3.8) is 0 Å². The highest BCUT2D eigenvalue weighted by Gasteiger charge is 2.20. The number of rotatable bonds is 3. The summed E-state index contributed by atoms with van der Waals surface area (Å²) in [6.07, 6.45) is 3.74. The average Bonchev–Trinajstić information content (AvgIpc) is 3.24. The van der Waals surface area contributed by atoms with E-state index in [9.17, 15) is 4.79 Å². The third-order valence-electron chi connectivity index (χ3n) is 3.91. The lowest BCUT2D eigenvalue weighted by Gasteiger charge is -2.21. The Hall–Kier alpha value is -1.73. The second-order valence-electron chi connectivity index (χ2n) is 5.46. The number of aromatic nitrogens is 1. The van der Waals surface area contributed by atoms with Gasteiger partial charge in [-0.05, 0) is 42.5 Å². The standard InChI is InChI=1S/C16H16N2O3S2/c19-15(18-11-3-5-22-6-4-11)14-8-17-16(23-14)10-1-2-12-13(7-10)21-9-20-12/h1-2,7-8,11H,3-6,9H2,(H,18,19). The highest BCUT2D eigenvalue weighted by atomic mass is 32.2. The Labute approximate surface area is 142 Å². The molecule has 1 aromatic carbocycles. The van der Waals surface area contributed by atoms with Gasteiger partial charge in [-0.2, -0.15) is 11.8 Å². The van der Waals surface area contributed by atoms with Crippen molar-refractivity contribution in [3.8, 4) is 22.1 Å². The van der Waals surface area contributed by atoms with Crippen LogP contribution in [0.25, 0.3) is 10.6 Å². The lowest BCUT2D eigenvalue weighted by molar-refractivity contribution is 0.0938. The molecule has 7 heteroatoms. The van der Waals surface area contributed by atoms with Gasteiger partial charge in [0.25, 0.3) is 5.91 Å². The Kier molecular flexibility index (Phi) is 4.13. The van der Waals surface area contributed by atoms with E-state index in [1.807, 2.05) is 30.0 Å². The number of hydrogen-bond acceptors (Lipinski definition) is 6. The summed E-state index contributed by atoms with van der Waals surface area (Å²) in [6, 6.07) is 6.01. The number of hydrogen-bond donors (Lipinski definition) is 1. The molecule has 0 radical (unpaired) electrons. The van der Waals surface area contributed by atoms with Gasteiger partial charge in [-0.1, -0.05) is 0 Å². The van der Waals surface area contributed by atoms with Crippen LogP contribution in [0.1, 0.15) is 22.5 Å². The molecule has 0 saturated carbocycles. The summed E-state index contributed by atoms with van der Waals surface area (Å²) in [7, 11) is 0.